The summed E-state index contributed by atoms with van der Waals surface area (Å²) in [5, 5.41) is 0. The van der Waals surface area contributed by atoms with Crippen LogP contribution in [0.3, 0.4) is 0 Å². The van der Waals surface area contributed by atoms with Gasteiger partial charge in [-0.15, -0.1) is 0 Å². The summed E-state index contributed by atoms with van der Waals surface area (Å²) in [7, 11) is 1.80. The fourth-order valence-corrected chi connectivity index (χ4v) is 3.62. The summed E-state index contributed by atoms with van der Waals surface area (Å²) < 4.78 is 0. The van der Waals surface area contributed by atoms with E-state index in [2.05, 4.69) is 12.1 Å². The molecule has 0 radical (unpaired) electrons. The molecule has 3 rings (SSSR count). The number of likely N-dealkylation sites (N-methyl/N-ethyl adjacent to an activating group) is 1. The molecule has 0 spiro atoms. The van der Waals surface area contributed by atoms with Crippen molar-refractivity contribution in [2.24, 2.45) is 0 Å². The number of benzene rings is 2. The Kier molecular flexibility index (Phi) is 5.17. The smallest absolute Gasteiger partial charge is 0.247 e. The Balaban J connectivity index is 1.78. The predicted octanol–water partition coefficient (Wildman–Crippen LogP) is 2.88. The van der Waals surface area contributed by atoms with Crippen molar-refractivity contribution in [3.8, 4) is 0 Å². The number of carbonyl (C=O) groups excluding carboxylic acids is 2. The molecule has 1 unspecified atom stereocenters. The molecule has 2 aromatic rings. The molecule has 130 valence electrons. The monoisotopic (exact) mass is 336 g/mol. The first-order valence-electron chi connectivity index (χ1n) is 8.71. The minimum absolute atomic E-state index is 0.0251. The van der Waals surface area contributed by atoms with Gasteiger partial charge in [0.05, 0.1) is 0 Å². The average Bonchev–Trinajstić information content (AvgIpc) is 2.86. The van der Waals surface area contributed by atoms with E-state index in [4.69, 9.17) is 0 Å². The van der Waals surface area contributed by atoms with Crippen LogP contribution in [0.2, 0.25) is 0 Å². The first-order valence-corrected chi connectivity index (χ1v) is 8.71. The van der Waals surface area contributed by atoms with Crippen LogP contribution in [0.4, 0.5) is 0 Å². The van der Waals surface area contributed by atoms with Gasteiger partial charge in [0.25, 0.3) is 0 Å². The number of hydrogen-bond acceptors (Lipinski definition) is 2. The van der Waals surface area contributed by atoms with Crippen molar-refractivity contribution in [3.63, 3.8) is 0 Å². The quantitative estimate of drug-likeness (QED) is 0.842. The summed E-state index contributed by atoms with van der Waals surface area (Å²) in [6, 6.07) is 19.7. The number of carbonyl (C=O) groups is 2. The van der Waals surface area contributed by atoms with Crippen LogP contribution in [-0.4, -0.2) is 40.9 Å². The van der Waals surface area contributed by atoms with Gasteiger partial charge in [0.2, 0.25) is 11.8 Å². The summed E-state index contributed by atoms with van der Waals surface area (Å²) in [4.78, 5) is 28.6. The van der Waals surface area contributed by atoms with Crippen LogP contribution < -0.4 is 0 Å². The maximum absolute atomic E-state index is 12.8. The highest BCUT2D eigenvalue weighted by Gasteiger charge is 2.44. The minimum atomic E-state index is -0.411. The third-order valence-electron chi connectivity index (χ3n) is 4.91. The Morgan fingerprint density at radius 2 is 1.52 bits per heavy atom. The maximum Gasteiger partial charge on any atom is 0.247 e. The Hall–Kier alpha value is -2.62. The molecule has 2 atom stereocenters. The van der Waals surface area contributed by atoms with Gasteiger partial charge in [-0.1, -0.05) is 60.7 Å². The van der Waals surface area contributed by atoms with Gasteiger partial charge in [0.1, 0.15) is 12.2 Å². The summed E-state index contributed by atoms with van der Waals surface area (Å²) in [6.45, 7) is 1.56. The molecular formula is C21H24N2O2. The molecule has 25 heavy (non-hydrogen) atoms. The molecule has 0 saturated carbocycles. The molecule has 1 heterocycles. The Bertz CT molecular complexity index is 730. The van der Waals surface area contributed by atoms with Crippen LogP contribution in [0.5, 0.6) is 0 Å². The van der Waals surface area contributed by atoms with Crippen molar-refractivity contribution >= 4 is 11.8 Å². The molecular weight excluding hydrogens is 312 g/mol. The van der Waals surface area contributed by atoms with E-state index < -0.39 is 6.04 Å². The van der Waals surface area contributed by atoms with Gasteiger partial charge in [-0.2, -0.15) is 0 Å². The Morgan fingerprint density at radius 3 is 2.08 bits per heavy atom. The van der Waals surface area contributed by atoms with E-state index in [9.17, 15) is 9.59 Å². The molecule has 2 aromatic carbocycles. The van der Waals surface area contributed by atoms with E-state index in [1.54, 1.807) is 23.8 Å². The lowest BCUT2D eigenvalue weighted by atomic mass is 10.0. The SMILES string of the molecule is CC(=O)N1C(CCc2ccccc2)N(C)C(=O)[C@H]1Cc1ccccc1. The zero-order valence-electron chi connectivity index (χ0n) is 14.8. The molecule has 0 N–H and O–H groups in total. The van der Waals surface area contributed by atoms with Crippen molar-refractivity contribution in [2.45, 2.75) is 38.4 Å². The Morgan fingerprint density at radius 1 is 0.960 bits per heavy atom. The molecule has 0 bridgehead atoms. The van der Waals surface area contributed by atoms with Gasteiger partial charge in [-0.25, -0.2) is 0 Å². The fraction of sp³-hybridized carbons (Fsp3) is 0.333. The molecule has 0 aromatic heterocycles. The van der Waals surface area contributed by atoms with Crippen LogP contribution in [0.25, 0.3) is 0 Å². The lowest BCUT2D eigenvalue weighted by molar-refractivity contribution is -0.134. The topological polar surface area (TPSA) is 40.6 Å². The minimum Gasteiger partial charge on any atom is -0.323 e. The fourth-order valence-electron chi connectivity index (χ4n) is 3.62. The standard InChI is InChI=1S/C21H24N2O2/c1-16(24)23-19(15-18-11-7-4-8-12-18)21(25)22(2)20(23)14-13-17-9-5-3-6-10-17/h3-12,19-20H,13-15H2,1-2H3/t19-,20?/m1/s1. The molecule has 4 nitrogen and oxygen atoms in total. The third kappa shape index (κ3) is 3.73. The van der Waals surface area contributed by atoms with Gasteiger partial charge in [0, 0.05) is 20.4 Å². The molecule has 1 aliphatic rings. The second kappa shape index (κ2) is 7.51. The highest BCUT2D eigenvalue weighted by Crippen LogP contribution is 2.27. The van der Waals surface area contributed by atoms with E-state index in [0.29, 0.717) is 6.42 Å². The molecule has 2 amide bonds. The first-order chi connectivity index (χ1) is 12.1. The van der Waals surface area contributed by atoms with Gasteiger partial charge in [0.15, 0.2) is 0 Å². The zero-order chi connectivity index (χ0) is 17.8. The van der Waals surface area contributed by atoms with Crippen molar-refractivity contribution in [2.75, 3.05) is 7.05 Å². The predicted molar refractivity (Wildman–Crippen MR) is 97.8 cm³/mol. The van der Waals surface area contributed by atoms with Crippen molar-refractivity contribution in [1.82, 2.24) is 9.80 Å². The number of aryl methyl sites for hydroxylation is 1. The molecule has 1 aliphatic heterocycles. The van der Waals surface area contributed by atoms with Crippen LogP contribution in [0, 0.1) is 0 Å². The molecule has 1 saturated heterocycles. The van der Waals surface area contributed by atoms with E-state index in [1.165, 1.54) is 5.56 Å². The Labute approximate surface area is 149 Å². The van der Waals surface area contributed by atoms with Crippen LogP contribution >= 0.6 is 0 Å². The summed E-state index contributed by atoms with van der Waals surface area (Å²) in [5.41, 5.74) is 2.29. The van der Waals surface area contributed by atoms with Gasteiger partial charge < -0.3 is 9.80 Å². The molecule has 1 fully saturated rings. The van der Waals surface area contributed by atoms with E-state index in [0.717, 1.165) is 18.4 Å². The number of nitrogens with zero attached hydrogens (tertiary/aromatic N) is 2. The van der Waals surface area contributed by atoms with E-state index in [-0.39, 0.29) is 18.0 Å². The lowest BCUT2D eigenvalue weighted by Crippen LogP contribution is -2.43. The number of amides is 2. The average molecular weight is 336 g/mol. The number of hydrogen-bond donors (Lipinski definition) is 0. The van der Waals surface area contributed by atoms with Gasteiger partial charge in [-0.05, 0) is 24.0 Å². The van der Waals surface area contributed by atoms with Gasteiger partial charge >= 0.3 is 0 Å². The summed E-state index contributed by atoms with van der Waals surface area (Å²) in [6.07, 6.45) is 1.96. The highest BCUT2D eigenvalue weighted by molar-refractivity contribution is 5.90. The maximum atomic E-state index is 12.8. The van der Waals surface area contributed by atoms with Crippen molar-refractivity contribution in [1.29, 1.82) is 0 Å². The highest BCUT2D eigenvalue weighted by atomic mass is 16.2. The summed E-state index contributed by atoms with van der Waals surface area (Å²) in [5.74, 6) is -0.0196. The van der Waals surface area contributed by atoms with E-state index in [1.807, 2.05) is 48.5 Å². The second-order valence-electron chi connectivity index (χ2n) is 6.59. The largest absolute Gasteiger partial charge is 0.323 e. The van der Waals surface area contributed by atoms with E-state index >= 15 is 0 Å². The third-order valence-corrected chi connectivity index (χ3v) is 4.91. The first kappa shape index (κ1) is 17.2. The van der Waals surface area contributed by atoms with Crippen molar-refractivity contribution < 1.29 is 9.59 Å². The van der Waals surface area contributed by atoms with Crippen LogP contribution in [0.1, 0.15) is 24.5 Å². The van der Waals surface area contributed by atoms with Crippen molar-refractivity contribution in [3.05, 3.63) is 71.8 Å². The molecule has 4 heteroatoms. The van der Waals surface area contributed by atoms with Gasteiger partial charge in [-0.3, -0.25) is 9.59 Å². The van der Waals surface area contributed by atoms with Crippen LogP contribution in [-0.2, 0) is 22.4 Å². The summed E-state index contributed by atoms with van der Waals surface area (Å²) >= 11 is 0. The zero-order valence-corrected chi connectivity index (χ0v) is 14.8. The molecule has 0 aliphatic carbocycles. The second-order valence-corrected chi connectivity index (χ2v) is 6.59. The lowest BCUT2D eigenvalue weighted by Gasteiger charge is -2.29. The van der Waals surface area contributed by atoms with Crippen LogP contribution in [0.15, 0.2) is 60.7 Å². The number of rotatable bonds is 5. The normalized spacial score (nSPS) is 20.2.